The minimum atomic E-state index is -3.90. The molecule has 0 heterocycles. The first kappa shape index (κ1) is 23.0. The molecule has 0 spiro atoms. The van der Waals surface area contributed by atoms with E-state index >= 15 is 0 Å². The summed E-state index contributed by atoms with van der Waals surface area (Å²) >= 11 is 0. The first-order chi connectivity index (χ1) is 16.2. The maximum absolute atomic E-state index is 12.9. The van der Waals surface area contributed by atoms with E-state index in [1.807, 2.05) is 50.2 Å². The number of rotatable bonds is 6. The molecule has 8 heteroatoms. The van der Waals surface area contributed by atoms with E-state index in [4.69, 9.17) is 0 Å². The van der Waals surface area contributed by atoms with Gasteiger partial charge in [0.15, 0.2) is 0 Å². The van der Waals surface area contributed by atoms with Gasteiger partial charge in [0.25, 0.3) is 15.9 Å². The molecule has 0 atom stereocenters. The molecule has 0 aromatic heterocycles. The van der Waals surface area contributed by atoms with E-state index in [0.29, 0.717) is 11.3 Å². The van der Waals surface area contributed by atoms with Gasteiger partial charge >= 0.3 is 0 Å². The van der Waals surface area contributed by atoms with Crippen molar-refractivity contribution >= 4 is 38.6 Å². The molecule has 0 radical (unpaired) electrons. The summed E-state index contributed by atoms with van der Waals surface area (Å²) in [5, 5.41) is 15.9. The monoisotopic (exact) mass is 473 g/mol. The topological polar surface area (TPSA) is 108 Å². The number of hydrazone groups is 1. The highest BCUT2D eigenvalue weighted by Gasteiger charge is 2.17. The quantitative estimate of drug-likeness (QED) is 0.278. The van der Waals surface area contributed by atoms with Gasteiger partial charge in [-0.25, -0.2) is 13.8 Å². The summed E-state index contributed by atoms with van der Waals surface area (Å²) in [5.74, 6) is -0.554. The Bertz CT molecular complexity index is 1530. The summed E-state index contributed by atoms with van der Waals surface area (Å²) < 4.78 is 28.3. The van der Waals surface area contributed by atoms with Crippen LogP contribution in [0, 0.1) is 13.8 Å². The Morgan fingerprint density at radius 1 is 0.941 bits per heavy atom. The number of aromatic hydroxyl groups is 1. The number of phenols is 1. The van der Waals surface area contributed by atoms with Gasteiger partial charge in [-0.15, -0.1) is 0 Å². The molecule has 0 fully saturated rings. The van der Waals surface area contributed by atoms with Crippen LogP contribution >= 0.6 is 0 Å². The smallest absolute Gasteiger partial charge is 0.271 e. The number of anilines is 1. The average Bonchev–Trinajstić information content (AvgIpc) is 2.82. The second kappa shape index (κ2) is 9.36. The summed E-state index contributed by atoms with van der Waals surface area (Å²) in [6, 6.07) is 21.9. The number of hydrogen-bond donors (Lipinski definition) is 3. The largest absolute Gasteiger partial charge is 0.507 e. The zero-order chi connectivity index (χ0) is 24.3. The van der Waals surface area contributed by atoms with Gasteiger partial charge in [0, 0.05) is 11.1 Å². The van der Waals surface area contributed by atoms with Crippen LogP contribution in [-0.4, -0.2) is 25.6 Å². The van der Waals surface area contributed by atoms with Gasteiger partial charge in [-0.3, -0.25) is 9.52 Å². The molecule has 0 bridgehead atoms. The number of carbonyl (C=O) groups is 1. The summed E-state index contributed by atoms with van der Waals surface area (Å²) in [4.78, 5) is 12.6. The molecule has 4 rings (SSSR count). The van der Waals surface area contributed by atoms with E-state index in [0.717, 1.165) is 21.9 Å². The van der Waals surface area contributed by atoms with Crippen molar-refractivity contribution in [2.45, 2.75) is 18.7 Å². The molecule has 0 unspecified atom stereocenters. The number of sulfonamides is 1. The van der Waals surface area contributed by atoms with Gasteiger partial charge in [0.2, 0.25) is 0 Å². The molecule has 0 saturated carbocycles. The van der Waals surface area contributed by atoms with E-state index in [2.05, 4.69) is 15.2 Å². The second-order valence-corrected chi connectivity index (χ2v) is 9.55. The van der Waals surface area contributed by atoms with Crippen LogP contribution in [-0.2, 0) is 10.0 Å². The van der Waals surface area contributed by atoms with Crippen LogP contribution in [0.15, 0.2) is 88.9 Å². The minimum absolute atomic E-state index is 0.0299. The third-order valence-electron chi connectivity index (χ3n) is 5.34. The van der Waals surface area contributed by atoms with Crippen molar-refractivity contribution in [3.05, 3.63) is 101 Å². The summed E-state index contributed by atoms with van der Waals surface area (Å²) in [6.07, 6.45) is 1.36. The Balaban J connectivity index is 1.53. The molecule has 4 aromatic rings. The van der Waals surface area contributed by atoms with E-state index in [-0.39, 0.29) is 16.2 Å². The lowest BCUT2D eigenvalue weighted by Gasteiger charge is -2.12. The molecule has 1 amide bonds. The van der Waals surface area contributed by atoms with Gasteiger partial charge in [0.1, 0.15) is 5.75 Å². The zero-order valence-corrected chi connectivity index (χ0v) is 19.4. The fraction of sp³-hybridized carbons (Fsp3) is 0.0769. The lowest BCUT2D eigenvalue weighted by molar-refractivity contribution is 0.0955. The van der Waals surface area contributed by atoms with Crippen LogP contribution in [0.5, 0.6) is 5.75 Å². The first-order valence-electron chi connectivity index (χ1n) is 10.5. The Kier molecular flexibility index (Phi) is 6.34. The Hall–Kier alpha value is -4.17. The average molecular weight is 474 g/mol. The van der Waals surface area contributed by atoms with Crippen LogP contribution in [0.1, 0.15) is 27.0 Å². The fourth-order valence-corrected chi connectivity index (χ4v) is 4.75. The maximum Gasteiger partial charge on any atom is 0.271 e. The molecular formula is C26H23N3O4S. The molecule has 4 aromatic carbocycles. The molecule has 34 heavy (non-hydrogen) atoms. The van der Waals surface area contributed by atoms with Gasteiger partial charge in [-0.1, -0.05) is 54.1 Å². The molecule has 0 aliphatic rings. The van der Waals surface area contributed by atoms with E-state index in [9.17, 15) is 18.3 Å². The number of benzene rings is 4. The maximum atomic E-state index is 12.9. The van der Waals surface area contributed by atoms with Gasteiger partial charge in [-0.2, -0.15) is 5.10 Å². The molecule has 3 N–H and O–H groups in total. The van der Waals surface area contributed by atoms with Crippen molar-refractivity contribution in [3.63, 3.8) is 0 Å². The Morgan fingerprint density at radius 2 is 1.74 bits per heavy atom. The van der Waals surface area contributed by atoms with E-state index < -0.39 is 15.9 Å². The molecular weight excluding hydrogens is 450 g/mol. The van der Waals surface area contributed by atoms with Gasteiger partial charge in [-0.05, 0) is 60.5 Å². The molecule has 172 valence electrons. The van der Waals surface area contributed by atoms with Crippen LogP contribution < -0.4 is 10.1 Å². The van der Waals surface area contributed by atoms with Crippen molar-refractivity contribution in [2.24, 2.45) is 5.10 Å². The second-order valence-electron chi connectivity index (χ2n) is 7.87. The first-order valence-corrected chi connectivity index (χ1v) is 12.0. The van der Waals surface area contributed by atoms with Gasteiger partial charge < -0.3 is 5.11 Å². The predicted molar refractivity (Wildman–Crippen MR) is 134 cm³/mol. The number of carbonyl (C=O) groups excluding carboxylic acids is 1. The van der Waals surface area contributed by atoms with Crippen molar-refractivity contribution in [3.8, 4) is 5.75 Å². The highest BCUT2D eigenvalue weighted by atomic mass is 32.2. The Morgan fingerprint density at radius 3 is 2.53 bits per heavy atom. The van der Waals surface area contributed by atoms with Gasteiger partial charge in [0.05, 0.1) is 16.8 Å². The number of hydrogen-bond acceptors (Lipinski definition) is 5. The number of nitrogens with one attached hydrogen (secondary N) is 2. The summed E-state index contributed by atoms with van der Waals surface area (Å²) in [5.41, 5.74) is 5.27. The molecule has 0 saturated heterocycles. The van der Waals surface area contributed by atoms with Crippen molar-refractivity contribution in [1.82, 2.24) is 5.43 Å². The van der Waals surface area contributed by atoms with E-state index in [1.165, 1.54) is 30.5 Å². The molecule has 0 aliphatic carbocycles. The lowest BCUT2D eigenvalue weighted by Crippen LogP contribution is -2.19. The summed E-state index contributed by atoms with van der Waals surface area (Å²) in [6.45, 7) is 3.75. The summed E-state index contributed by atoms with van der Waals surface area (Å²) in [7, 11) is -3.90. The number of phenolic OH excluding ortho intramolecular Hbond substituents is 1. The third-order valence-corrected chi connectivity index (χ3v) is 6.70. The predicted octanol–water partition coefficient (Wildman–Crippen LogP) is 4.73. The lowest BCUT2D eigenvalue weighted by atomic mass is 10.0. The number of aryl methyl sites for hydroxylation is 2. The van der Waals surface area contributed by atoms with Crippen molar-refractivity contribution in [2.75, 3.05) is 4.72 Å². The third kappa shape index (κ3) is 4.92. The van der Waals surface area contributed by atoms with Crippen LogP contribution in [0.3, 0.4) is 0 Å². The van der Waals surface area contributed by atoms with Crippen LogP contribution in [0.25, 0.3) is 10.8 Å². The van der Waals surface area contributed by atoms with Crippen molar-refractivity contribution < 1.29 is 18.3 Å². The molecule has 0 aliphatic heterocycles. The van der Waals surface area contributed by atoms with E-state index in [1.54, 1.807) is 18.2 Å². The fourth-order valence-electron chi connectivity index (χ4n) is 3.58. The minimum Gasteiger partial charge on any atom is -0.507 e. The number of amides is 1. The zero-order valence-electron chi connectivity index (χ0n) is 18.6. The van der Waals surface area contributed by atoms with Crippen molar-refractivity contribution in [1.29, 1.82) is 0 Å². The van der Waals surface area contributed by atoms with Crippen LogP contribution in [0.2, 0.25) is 0 Å². The Labute approximate surface area is 197 Å². The highest BCUT2D eigenvalue weighted by Crippen LogP contribution is 2.25. The normalized spacial score (nSPS) is 11.6. The highest BCUT2D eigenvalue weighted by molar-refractivity contribution is 7.92. The number of fused-ring (bicyclic) bond motifs is 1. The SMILES string of the molecule is Cc1ccc(NS(=O)(=O)c2cccc(C(=O)N/N=C/c3c(O)ccc4ccccc34)c2)c(C)c1. The van der Waals surface area contributed by atoms with Crippen LogP contribution in [0.4, 0.5) is 5.69 Å². The molecule has 7 nitrogen and oxygen atoms in total. The standard InChI is InChI=1S/C26H23N3O4S/c1-17-10-12-24(18(2)14-17)29-34(32,33)21-8-5-7-20(15-21)26(31)28-27-16-23-22-9-4-3-6-19(22)11-13-25(23)30/h3-16,29-30H,1-2H3,(H,28,31)/b27-16+. The number of nitrogens with zero attached hydrogens (tertiary/aromatic N) is 1.